The van der Waals surface area contributed by atoms with Crippen LogP contribution in [0.15, 0.2) is 24.7 Å². The number of rotatable bonds is 1. The van der Waals surface area contributed by atoms with Crippen LogP contribution in [0.1, 0.15) is 0 Å². The Balaban J connectivity index is 1.77. The Morgan fingerprint density at radius 1 is 1.22 bits per heavy atom. The van der Waals surface area contributed by atoms with E-state index in [0.29, 0.717) is 26.2 Å². The third-order valence-corrected chi connectivity index (χ3v) is 3.13. The average Bonchev–Trinajstić information content (AvgIpc) is 2.86. The molecule has 2 aromatic rings. The SMILES string of the molecule is O=C(O)N1CCN(c2ccc3cncn3n2)CC1. The van der Waals surface area contributed by atoms with Crippen molar-refractivity contribution in [2.45, 2.75) is 0 Å². The minimum absolute atomic E-state index is 0.513. The van der Waals surface area contributed by atoms with Crippen molar-refractivity contribution in [3.05, 3.63) is 24.7 Å². The zero-order valence-corrected chi connectivity index (χ0v) is 9.73. The summed E-state index contributed by atoms with van der Waals surface area (Å²) in [5.41, 5.74) is 0.947. The molecule has 2 aromatic heterocycles. The molecule has 18 heavy (non-hydrogen) atoms. The van der Waals surface area contributed by atoms with Gasteiger partial charge in [0.25, 0.3) is 0 Å². The van der Waals surface area contributed by atoms with Crippen LogP contribution in [-0.4, -0.2) is 56.9 Å². The lowest BCUT2D eigenvalue weighted by molar-refractivity contribution is 0.142. The summed E-state index contributed by atoms with van der Waals surface area (Å²) >= 11 is 0. The smallest absolute Gasteiger partial charge is 0.407 e. The molecule has 0 saturated carbocycles. The molecule has 7 heteroatoms. The zero-order chi connectivity index (χ0) is 12.5. The quantitative estimate of drug-likeness (QED) is 0.795. The number of carboxylic acid groups (broad SMARTS) is 1. The summed E-state index contributed by atoms with van der Waals surface area (Å²) in [7, 11) is 0. The van der Waals surface area contributed by atoms with Gasteiger partial charge < -0.3 is 14.9 Å². The van der Waals surface area contributed by atoms with Gasteiger partial charge in [-0.25, -0.2) is 14.3 Å². The largest absolute Gasteiger partial charge is 0.465 e. The summed E-state index contributed by atoms with van der Waals surface area (Å²) < 4.78 is 1.72. The van der Waals surface area contributed by atoms with Gasteiger partial charge in [-0.2, -0.15) is 0 Å². The van der Waals surface area contributed by atoms with E-state index in [1.807, 2.05) is 12.1 Å². The van der Waals surface area contributed by atoms with Crippen molar-refractivity contribution >= 4 is 17.4 Å². The van der Waals surface area contributed by atoms with E-state index in [2.05, 4.69) is 15.0 Å². The van der Waals surface area contributed by atoms with Crippen LogP contribution < -0.4 is 4.90 Å². The van der Waals surface area contributed by atoms with Gasteiger partial charge in [0.15, 0.2) is 0 Å². The van der Waals surface area contributed by atoms with E-state index in [1.165, 1.54) is 4.90 Å². The van der Waals surface area contributed by atoms with E-state index >= 15 is 0 Å². The first-order chi connectivity index (χ1) is 8.74. The molecule has 0 bridgehead atoms. The number of fused-ring (bicyclic) bond motifs is 1. The predicted octanol–water partition coefficient (Wildman–Crippen LogP) is 0.529. The molecule has 7 nitrogen and oxygen atoms in total. The summed E-state index contributed by atoms with van der Waals surface area (Å²) in [6, 6.07) is 3.90. The second-order valence-electron chi connectivity index (χ2n) is 4.21. The number of anilines is 1. The van der Waals surface area contributed by atoms with Crippen LogP contribution in [0, 0.1) is 0 Å². The summed E-state index contributed by atoms with van der Waals surface area (Å²) in [5.74, 6) is 0.852. The van der Waals surface area contributed by atoms with Crippen molar-refractivity contribution in [3.63, 3.8) is 0 Å². The number of piperazine rings is 1. The Morgan fingerprint density at radius 2 is 2.00 bits per heavy atom. The number of hydrogen-bond donors (Lipinski definition) is 1. The highest BCUT2D eigenvalue weighted by Crippen LogP contribution is 2.14. The molecule has 1 aliphatic rings. The Bertz CT molecular complexity index is 574. The molecule has 1 fully saturated rings. The summed E-state index contributed by atoms with van der Waals surface area (Å²) in [6.07, 6.45) is 2.55. The van der Waals surface area contributed by atoms with Gasteiger partial charge in [-0.1, -0.05) is 0 Å². The van der Waals surface area contributed by atoms with Crippen molar-refractivity contribution in [2.75, 3.05) is 31.1 Å². The maximum absolute atomic E-state index is 10.8. The molecule has 94 valence electrons. The lowest BCUT2D eigenvalue weighted by Gasteiger charge is -2.33. The van der Waals surface area contributed by atoms with Gasteiger partial charge in [-0.05, 0) is 12.1 Å². The topological polar surface area (TPSA) is 74.0 Å². The molecule has 3 heterocycles. The van der Waals surface area contributed by atoms with Crippen molar-refractivity contribution in [2.24, 2.45) is 0 Å². The molecule has 0 spiro atoms. The molecule has 1 aliphatic heterocycles. The van der Waals surface area contributed by atoms with E-state index in [9.17, 15) is 4.79 Å². The van der Waals surface area contributed by atoms with Crippen LogP contribution >= 0.6 is 0 Å². The molecule has 0 atom stereocenters. The number of aromatic nitrogens is 3. The molecule has 1 amide bonds. The number of amides is 1. The highest BCUT2D eigenvalue weighted by Gasteiger charge is 2.21. The minimum Gasteiger partial charge on any atom is -0.465 e. The third kappa shape index (κ3) is 1.83. The molecular weight excluding hydrogens is 234 g/mol. The van der Waals surface area contributed by atoms with E-state index in [4.69, 9.17) is 5.11 Å². The Hall–Kier alpha value is -2.31. The number of imidazole rings is 1. The van der Waals surface area contributed by atoms with Crippen molar-refractivity contribution in [1.82, 2.24) is 19.5 Å². The van der Waals surface area contributed by atoms with Crippen molar-refractivity contribution in [3.8, 4) is 0 Å². The van der Waals surface area contributed by atoms with Crippen molar-refractivity contribution < 1.29 is 9.90 Å². The second-order valence-corrected chi connectivity index (χ2v) is 4.21. The van der Waals surface area contributed by atoms with Gasteiger partial charge in [0.05, 0.1) is 11.7 Å². The summed E-state index contributed by atoms with van der Waals surface area (Å²) in [6.45, 7) is 2.36. The Labute approximate surface area is 103 Å². The molecule has 0 radical (unpaired) electrons. The molecule has 1 N–H and O–H groups in total. The van der Waals surface area contributed by atoms with E-state index in [-0.39, 0.29) is 0 Å². The molecule has 3 rings (SSSR count). The maximum atomic E-state index is 10.8. The van der Waals surface area contributed by atoms with Crippen LogP contribution in [-0.2, 0) is 0 Å². The Morgan fingerprint density at radius 3 is 2.72 bits per heavy atom. The lowest BCUT2D eigenvalue weighted by atomic mass is 10.3. The van der Waals surface area contributed by atoms with Gasteiger partial charge in [0, 0.05) is 26.2 Å². The van der Waals surface area contributed by atoms with Crippen LogP contribution in [0.2, 0.25) is 0 Å². The lowest BCUT2D eigenvalue weighted by Crippen LogP contribution is -2.48. The second kappa shape index (κ2) is 4.17. The highest BCUT2D eigenvalue weighted by atomic mass is 16.4. The number of nitrogens with zero attached hydrogens (tertiary/aromatic N) is 5. The first-order valence-corrected chi connectivity index (χ1v) is 5.76. The maximum Gasteiger partial charge on any atom is 0.407 e. The fourth-order valence-corrected chi connectivity index (χ4v) is 2.10. The standard InChI is InChI=1S/C11H13N5O2/c17-11(18)15-5-3-14(4-6-15)10-2-1-9-7-12-8-16(9)13-10/h1-2,7-8H,3-6H2,(H,17,18). The predicted molar refractivity (Wildman–Crippen MR) is 64.8 cm³/mol. The molecule has 1 saturated heterocycles. The number of hydrogen-bond acceptors (Lipinski definition) is 4. The van der Waals surface area contributed by atoms with Crippen LogP contribution in [0.3, 0.4) is 0 Å². The van der Waals surface area contributed by atoms with Gasteiger partial charge in [0.2, 0.25) is 0 Å². The van der Waals surface area contributed by atoms with Gasteiger partial charge >= 0.3 is 6.09 Å². The molecule has 0 aromatic carbocycles. The highest BCUT2D eigenvalue weighted by molar-refractivity contribution is 5.65. The molecular formula is C11H13N5O2. The fraction of sp³-hybridized carbons (Fsp3) is 0.364. The van der Waals surface area contributed by atoms with Crippen LogP contribution in [0.5, 0.6) is 0 Å². The monoisotopic (exact) mass is 247 g/mol. The summed E-state index contributed by atoms with van der Waals surface area (Å²) in [4.78, 5) is 18.3. The third-order valence-electron chi connectivity index (χ3n) is 3.13. The van der Waals surface area contributed by atoms with Gasteiger partial charge in [-0.3, -0.25) is 0 Å². The van der Waals surface area contributed by atoms with Crippen LogP contribution in [0.4, 0.5) is 10.6 Å². The van der Waals surface area contributed by atoms with E-state index in [0.717, 1.165) is 11.3 Å². The zero-order valence-electron chi connectivity index (χ0n) is 9.73. The normalized spacial score (nSPS) is 16.2. The number of carbonyl (C=O) groups is 1. The fourth-order valence-electron chi connectivity index (χ4n) is 2.10. The van der Waals surface area contributed by atoms with Gasteiger partial charge in [0.1, 0.15) is 12.1 Å². The minimum atomic E-state index is -0.854. The van der Waals surface area contributed by atoms with E-state index in [1.54, 1.807) is 17.0 Å². The van der Waals surface area contributed by atoms with Crippen molar-refractivity contribution in [1.29, 1.82) is 0 Å². The van der Waals surface area contributed by atoms with E-state index < -0.39 is 6.09 Å². The first kappa shape index (κ1) is 10.8. The average molecular weight is 247 g/mol. The molecule has 0 aliphatic carbocycles. The molecule has 0 unspecified atom stereocenters. The first-order valence-electron chi connectivity index (χ1n) is 5.76. The van der Waals surface area contributed by atoms with Gasteiger partial charge in [-0.15, -0.1) is 5.10 Å². The Kier molecular flexibility index (Phi) is 2.51. The van der Waals surface area contributed by atoms with Crippen LogP contribution in [0.25, 0.3) is 5.52 Å². The summed E-state index contributed by atoms with van der Waals surface area (Å²) in [5, 5.41) is 13.3.